The summed E-state index contributed by atoms with van der Waals surface area (Å²) in [6, 6.07) is 9.08. The van der Waals surface area contributed by atoms with E-state index in [-0.39, 0.29) is 18.4 Å². The maximum Gasteiger partial charge on any atom is 0.0991 e. The lowest BCUT2D eigenvalue weighted by Crippen LogP contribution is -2.05. The number of halogens is 1. The third-order valence-corrected chi connectivity index (χ3v) is 1.68. The summed E-state index contributed by atoms with van der Waals surface area (Å²) in [4.78, 5) is 0. The molecule has 1 atom stereocenters. The van der Waals surface area contributed by atoms with Crippen molar-refractivity contribution in [2.24, 2.45) is 5.73 Å². The summed E-state index contributed by atoms with van der Waals surface area (Å²) in [5.41, 5.74) is 7.31. The molecule has 0 heterocycles. The minimum Gasteiger partial charge on any atom is -0.321 e. The Morgan fingerprint density at radius 2 is 1.92 bits per heavy atom. The molecular weight excluding hydrogens is 184 g/mol. The van der Waals surface area contributed by atoms with E-state index in [2.05, 4.69) is 6.58 Å². The second-order valence-corrected chi connectivity index (χ2v) is 2.50. The number of nitriles is 1. The Labute approximate surface area is 84.1 Å². The normalized spacial score (nSPS) is 10.8. The van der Waals surface area contributed by atoms with Gasteiger partial charge in [-0.05, 0) is 17.7 Å². The summed E-state index contributed by atoms with van der Waals surface area (Å²) in [7, 11) is 0. The fourth-order valence-electron chi connectivity index (χ4n) is 0.916. The van der Waals surface area contributed by atoms with Crippen LogP contribution in [0.2, 0.25) is 0 Å². The van der Waals surface area contributed by atoms with E-state index in [1.807, 2.05) is 18.2 Å². The van der Waals surface area contributed by atoms with Gasteiger partial charge in [-0.15, -0.1) is 19.0 Å². The summed E-state index contributed by atoms with van der Waals surface area (Å²) in [6.45, 7) is 3.59. The number of nitrogens with two attached hydrogens (primary N) is 1. The minimum absolute atomic E-state index is 0. The molecule has 13 heavy (non-hydrogen) atoms. The molecule has 0 bridgehead atoms. The van der Waals surface area contributed by atoms with Crippen molar-refractivity contribution in [1.29, 1.82) is 5.26 Å². The Hall–Kier alpha value is -1.30. The second kappa shape index (κ2) is 5.36. The van der Waals surface area contributed by atoms with Gasteiger partial charge in [0, 0.05) is 6.04 Å². The Balaban J connectivity index is 0.00000144. The lowest BCUT2D eigenvalue weighted by molar-refractivity contribution is 0.914. The Kier molecular flexibility index (Phi) is 4.83. The summed E-state index contributed by atoms with van der Waals surface area (Å²) in [5.74, 6) is 0. The van der Waals surface area contributed by atoms with Gasteiger partial charge in [0.1, 0.15) is 0 Å². The number of hydrogen-bond donors (Lipinski definition) is 1. The molecule has 68 valence electrons. The lowest BCUT2D eigenvalue weighted by Gasteiger charge is -2.04. The number of rotatable bonds is 2. The first-order chi connectivity index (χ1) is 5.77. The van der Waals surface area contributed by atoms with E-state index in [0.717, 1.165) is 5.56 Å². The van der Waals surface area contributed by atoms with Crippen LogP contribution in [0.4, 0.5) is 0 Å². The van der Waals surface area contributed by atoms with E-state index in [4.69, 9.17) is 11.0 Å². The zero-order valence-electron chi connectivity index (χ0n) is 7.10. The van der Waals surface area contributed by atoms with Crippen molar-refractivity contribution in [2.75, 3.05) is 0 Å². The van der Waals surface area contributed by atoms with Crippen LogP contribution in [0.25, 0.3) is 0 Å². The highest BCUT2D eigenvalue weighted by atomic mass is 35.5. The molecule has 2 N–H and O–H groups in total. The predicted molar refractivity (Wildman–Crippen MR) is 55.5 cm³/mol. The van der Waals surface area contributed by atoms with Crippen LogP contribution in [0.3, 0.4) is 0 Å². The van der Waals surface area contributed by atoms with Crippen molar-refractivity contribution in [3.63, 3.8) is 0 Å². The second-order valence-electron chi connectivity index (χ2n) is 2.50. The predicted octanol–water partition coefficient (Wildman–Crippen LogP) is 2.17. The summed E-state index contributed by atoms with van der Waals surface area (Å²) in [6.07, 6.45) is 1.67. The van der Waals surface area contributed by atoms with Gasteiger partial charge in [-0.25, -0.2) is 0 Å². The van der Waals surface area contributed by atoms with E-state index in [1.165, 1.54) is 0 Å². The van der Waals surface area contributed by atoms with Crippen LogP contribution in [0.1, 0.15) is 17.2 Å². The van der Waals surface area contributed by atoms with E-state index in [0.29, 0.717) is 5.56 Å². The minimum atomic E-state index is -0.141. The summed E-state index contributed by atoms with van der Waals surface area (Å²) < 4.78 is 0. The zero-order chi connectivity index (χ0) is 8.97. The highest BCUT2D eigenvalue weighted by Gasteiger charge is 1.99. The fourth-order valence-corrected chi connectivity index (χ4v) is 0.916. The van der Waals surface area contributed by atoms with Crippen molar-refractivity contribution >= 4 is 12.4 Å². The summed E-state index contributed by atoms with van der Waals surface area (Å²) in [5, 5.41) is 8.52. The molecule has 1 rings (SSSR count). The molecular formula is C10H11ClN2. The average Bonchev–Trinajstić information content (AvgIpc) is 2.17. The van der Waals surface area contributed by atoms with Gasteiger partial charge in [0.05, 0.1) is 11.6 Å². The quantitative estimate of drug-likeness (QED) is 0.734. The highest BCUT2D eigenvalue weighted by Crippen LogP contribution is 2.11. The third kappa shape index (κ3) is 2.90. The molecule has 0 saturated heterocycles. The van der Waals surface area contributed by atoms with Crippen molar-refractivity contribution < 1.29 is 0 Å². The van der Waals surface area contributed by atoms with Gasteiger partial charge < -0.3 is 5.73 Å². The maximum absolute atomic E-state index is 8.52. The van der Waals surface area contributed by atoms with Gasteiger partial charge in [0.15, 0.2) is 0 Å². The van der Waals surface area contributed by atoms with E-state index < -0.39 is 0 Å². The first-order valence-corrected chi connectivity index (χ1v) is 3.66. The van der Waals surface area contributed by atoms with Crippen LogP contribution in [0.5, 0.6) is 0 Å². The third-order valence-electron chi connectivity index (χ3n) is 1.68. The van der Waals surface area contributed by atoms with E-state index in [9.17, 15) is 0 Å². The number of benzene rings is 1. The molecule has 1 aromatic rings. The van der Waals surface area contributed by atoms with Gasteiger partial charge >= 0.3 is 0 Å². The molecule has 0 amide bonds. The zero-order valence-corrected chi connectivity index (χ0v) is 7.92. The smallest absolute Gasteiger partial charge is 0.0991 e. The molecule has 0 fully saturated rings. The monoisotopic (exact) mass is 194 g/mol. The first kappa shape index (κ1) is 11.7. The fraction of sp³-hybridized carbons (Fsp3) is 0.100. The molecule has 0 saturated carbocycles. The first-order valence-electron chi connectivity index (χ1n) is 3.66. The van der Waals surface area contributed by atoms with E-state index >= 15 is 0 Å². The van der Waals surface area contributed by atoms with Crippen LogP contribution in [0, 0.1) is 11.3 Å². The van der Waals surface area contributed by atoms with Crippen molar-refractivity contribution in [1.82, 2.24) is 0 Å². The standard InChI is InChI=1S/C10H10N2.ClH/c1-2-10(12)9-5-3-8(7-11)4-6-9;/h2-6,10H,1,12H2;1H/t10-;/m0./s1. The van der Waals surface area contributed by atoms with Crippen LogP contribution >= 0.6 is 12.4 Å². The molecule has 0 radical (unpaired) electrons. The van der Waals surface area contributed by atoms with Gasteiger partial charge in [0.25, 0.3) is 0 Å². The largest absolute Gasteiger partial charge is 0.321 e. The molecule has 2 nitrogen and oxygen atoms in total. The highest BCUT2D eigenvalue weighted by molar-refractivity contribution is 5.85. The molecule has 3 heteroatoms. The molecule has 0 unspecified atom stereocenters. The van der Waals surface area contributed by atoms with Crippen LogP contribution < -0.4 is 5.73 Å². The van der Waals surface area contributed by atoms with Gasteiger partial charge in [-0.3, -0.25) is 0 Å². The van der Waals surface area contributed by atoms with E-state index in [1.54, 1.807) is 18.2 Å². The van der Waals surface area contributed by atoms with Crippen molar-refractivity contribution in [3.05, 3.63) is 48.0 Å². The molecule has 0 aliphatic carbocycles. The Morgan fingerprint density at radius 1 is 1.38 bits per heavy atom. The van der Waals surface area contributed by atoms with Crippen molar-refractivity contribution in [3.8, 4) is 6.07 Å². The van der Waals surface area contributed by atoms with Crippen LogP contribution in [-0.2, 0) is 0 Å². The maximum atomic E-state index is 8.52. The average molecular weight is 195 g/mol. The molecule has 0 aliphatic heterocycles. The SMILES string of the molecule is C=C[C@H](N)c1ccc(C#N)cc1.Cl. The van der Waals surface area contributed by atoms with Crippen LogP contribution in [-0.4, -0.2) is 0 Å². The molecule has 0 spiro atoms. The van der Waals surface area contributed by atoms with Gasteiger partial charge in [0.2, 0.25) is 0 Å². The summed E-state index contributed by atoms with van der Waals surface area (Å²) >= 11 is 0. The number of hydrogen-bond acceptors (Lipinski definition) is 2. The van der Waals surface area contributed by atoms with Crippen LogP contribution in [0.15, 0.2) is 36.9 Å². The Bertz CT molecular complexity index is 311. The molecule has 1 aromatic carbocycles. The van der Waals surface area contributed by atoms with Gasteiger partial charge in [-0.1, -0.05) is 18.2 Å². The van der Waals surface area contributed by atoms with Gasteiger partial charge in [-0.2, -0.15) is 5.26 Å². The Morgan fingerprint density at radius 3 is 2.31 bits per heavy atom. The van der Waals surface area contributed by atoms with Crippen molar-refractivity contribution in [2.45, 2.75) is 6.04 Å². The lowest BCUT2D eigenvalue weighted by atomic mass is 10.1. The number of nitrogens with zero attached hydrogens (tertiary/aromatic N) is 1. The molecule has 0 aliphatic rings. The topological polar surface area (TPSA) is 49.8 Å². The molecule has 0 aromatic heterocycles.